The minimum atomic E-state index is -0.948. The lowest BCUT2D eigenvalue weighted by atomic mass is 10.0. The molecule has 2 N–H and O–H groups in total. The summed E-state index contributed by atoms with van der Waals surface area (Å²) in [4.78, 5) is 21.8. The number of hydrogen-bond acceptors (Lipinski definition) is 2. The van der Waals surface area contributed by atoms with Gasteiger partial charge in [0.05, 0.1) is 12.5 Å². The molecule has 17 heavy (non-hydrogen) atoms. The number of aryl methyl sites for hydroxylation is 1. The first-order valence-corrected chi connectivity index (χ1v) is 5.94. The van der Waals surface area contributed by atoms with Gasteiger partial charge in [0.25, 0.3) is 0 Å². The van der Waals surface area contributed by atoms with Gasteiger partial charge in [0, 0.05) is 11.4 Å². The molecule has 0 aliphatic heterocycles. The fourth-order valence-corrected chi connectivity index (χ4v) is 2.34. The van der Waals surface area contributed by atoms with Crippen LogP contribution in [0.15, 0.2) is 22.7 Å². The van der Waals surface area contributed by atoms with Crippen LogP contribution in [0, 0.1) is 6.92 Å². The van der Waals surface area contributed by atoms with Crippen molar-refractivity contribution in [2.45, 2.75) is 26.3 Å². The monoisotopic (exact) mass is 299 g/mol. The molecule has 0 saturated carbocycles. The van der Waals surface area contributed by atoms with Gasteiger partial charge < -0.3 is 10.4 Å². The molecule has 0 aliphatic rings. The van der Waals surface area contributed by atoms with Crippen molar-refractivity contribution in [1.82, 2.24) is 5.32 Å². The molecule has 0 unspecified atom stereocenters. The number of aliphatic carboxylic acids is 1. The topological polar surface area (TPSA) is 66.4 Å². The maximum Gasteiger partial charge on any atom is 0.305 e. The van der Waals surface area contributed by atoms with Crippen LogP contribution in [-0.4, -0.2) is 17.0 Å². The summed E-state index contributed by atoms with van der Waals surface area (Å²) in [5, 5.41) is 11.5. The van der Waals surface area contributed by atoms with Gasteiger partial charge in [-0.25, -0.2) is 0 Å². The van der Waals surface area contributed by atoms with Crippen LogP contribution >= 0.6 is 15.9 Å². The molecular weight excluding hydrogens is 286 g/mol. The maximum absolute atomic E-state index is 11.1. The second kappa shape index (κ2) is 5.82. The van der Waals surface area contributed by atoms with E-state index in [9.17, 15) is 9.59 Å². The van der Waals surface area contributed by atoms with E-state index in [4.69, 9.17) is 5.11 Å². The fourth-order valence-electron chi connectivity index (χ4n) is 1.57. The first-order valence-electron chi connectivity index (χ1n) is 5.15. The van der Waals surface area contributed by atoms with E-state index in [0.29, 0.717) is 0 Å². The van der Waals surface area contributed by atoms with Crippen LogP contribution in [0.1, 0.15) is 30.5 Å². The largest absolute Gasteiger partial charge is 0.481 e. The van der Waals surface area contributed by atoms with Gasteiger partial charge in [-0.3, -0.25) is 9.59 Å². The highest BCUT2D eigenvalue weighted by Gasteiger charge is 2.18. The molecule has 0 aromatic heterocycles. The van der Waals surface area contributed by atoms with E-state index in [-0.39, 0.29) is 12.3 Å². The van der Waals surface area contributed by atoms with Crippen LogP contribution < -0.4 is 5.32 Å². The summed E-state index contributed by atoms with van der Waals surface area (Å²) < 4.78 is 0.803. The lowest BCUT2D eigenvalue weighted by Gasteiger charge is -2.18. The predicted molar refractivity (Wildman–Crippen MR) is 67.7 cm³/mol. The number of nitrogens with one attached hydrogen (secondary N) is 1. The number of carboxylic acids is 1. The molecule has 0 heterocycles. The molecule has 4 nitrogen and oxygen atoms in total. The molecule has 1 aromatic carbocycles. The van der Waals surface area contributed by atoms with E-state index in [1.165, 1.54) is 6.92 Å². The fraction of sp³-hybridized carbons (Fsp3) is 0.333. The van der Waals surface area contributed by atoms with Crippen LogP contribution in [0.4, 0.5) is 0 Å². The smallest absolute Gasteiger partial charge is 0.305 e. The quantitative estimate of drug-likeness (QED) is 0.897. The minimum Gasteiger partial charge on any atom is -0.481 e. The lowest BCUT2D eigenvalue weighted by molar-refractivity contribution is -0.137. The van der Waals surface area contributed by atoms with Crippen molar-refractivity contribution in [3.05, 3.63) is 33.8 Å². The number of halogens is 1. The highest BCUT2D eigenvalue weighted by molar-refractivity contribution is 9.10. The average molecular weight is 300 g/mol. The van der Waals surface area contributed by atoms with Crippen LogP contribution in [0.3, 0.4) is 0 Å². The second-order valence-electron chi connectivity index (χ2n) is 3.88. The van der Waals surface area contributed by atoms with E-state index < -0.39 is 12.0 Å². The number of hydrogen-bond donors (Lipinski definition) is 2. The third-order valence-electron chi connectivity index (χ3n) is 2.29. The second-order valence-corrected chi connectivity index (χ2v) is 4.73. The highest BCUT2D eigenvalue weighted by Crippen LogP contribution is 2.26. The molecule has 5 heteroatoms. The zero-order chi connectivity index (χ0) is 13.0. The van der Waals surface area contributed by atoms with Gasteiger partial charge >= 0.3 is 5.97 Å². The molecule has 0 saturated heterocycles. The van der Waals surface area contributed by atoms with Gasteiger partial charge in [0.1, 0.15) is 0 Å². The van der Waals surface area contributed by atoms with Gasteiger partial charge in [-0.15, -0.1) is 0 Å². The summed E-state index contributed by atoms with van der Waals surface area (Å²) in [6, 6.07) is 5.09. The molecule has 0 fully saturated rings. The average Bonchev–Trinajstić information content (AvgIpc) is 2.14. The predicted octanol–water partition coefficient (Wildman–Crippen LogP) is 2.41. The summed E-state index contributed by atoms with van der Waals surface area (Å²) in [7, 11) is 0. The van der Waals surface area contributed by atoms with Crippen molar-refractivity contribution in [1.29, 1.82) is 0 Å². The lowest BCUT2D eigenvalue weighted by Crippen LogP contribution is -2.28. The van der Waals surface area contributed by atoms with Crippen LogP contribution in [-0.2, 0) is 9.59 Å². The summed E-state index contributed by atoms with van der Waals surface area (Å²) in [5.41, 5.74) is 1.84. The Hall–Kier alpha value is -1.36. The van der Waals surface area contributed by atoms with E-state index in [1.54, 1.807) is 0 Å². The molecule has 0 aliphatic carbocycles. The van der Waals surface area contributed by atoms with Crippen LogP contribution in [0.25, 0.3) is 0 Å². The summed E-state index contributed by atoms with van der Waals surface area (Å²) in [6.07, 6.45) is -0.138. The Morgan fingerprint density at radius 2 is 2.12 bits per heavy atom. The van der Waals surface area contributed by atoms with Crippen molar-refractivity contribution in [2.24, 2.45) is 0 Å². The van der Waals surface area contributed by atoms with Gasteiger partial charge in [-0.05, 0) is 24.1 Å². The normalized spacial score (nSPS) is 11.9. The van der Waals surface area contributed by atoms with Gasteiger partial charge in [-0.1, -0.05) is 28.1 Å². The van der Waals surface area contributed by atoms with Crippen LogP contribution in [0.2, 0.25) is 0 Å². The zero-order valence-corrected chi connectivity index (χ0v) is 11.2. The van der Waals surface area contributed by atoms with Crippen molar-refractivity contribution in [3.63, 3.8) is 0 Å². The third kappa shape index (κ3) is 4.19. The van der Waals surface area contributed by atoms with E-state index >= 15 is 0 Å². The van der Waals surface area contributed by atoms with E-state index in [0.717, 1.165) is 15.6 Å². The summed E-state index contributed by atoms with van der Waals surface area (Å²) in [5.74, 6) is -1.19. The highest BCUT2D eigenvalue weighted by atomic mass is 79.9. The first kappa shape index (κ1) is 13.7. The Balaban J connectivity index is 3.02. The molecule has 1 amide bonds. The molecule has 92 valence electrons. The van der Waals surface area contributed by atoms with Gasteiger partial charge in [-0.2, -0.15) is 0 Å². The number of rotatable bonds is 4. The minimum absolute atomic E-state index is 0.138. The van der Waals surface area contributed by atoms with Crippen molar-refractivity contribution < 1.29 is 14.7 Å². The Morgan fingerprint density at radius 1 is 1.47 bits per heavy atom. The van der Waals surface area contributed by atoms with Crippen molar-refractivity contribution >= 4 is 27.8 Å². The Labute approximate surface area is 108 Å². The number of amides is 1. The molecule has 0 bridgehead atoms. The van der Waals surface area contributed by atoms with Gasteiger partial charge in [0.15, 0.2) is 0 Å². The van der Waals surface area contributed by atoms with E-state index in [2.05, 4.69) is 21.2 Å². The molecule has 1 aromatic rings. The third-order valence-corrected chi connectivity index (χ3v) is 2.97. The van der Waals surface area contributed by atoms with Gasteiger partial charge in [0.2, 0.25) is 5.91 Å². The number of carbonyl (C=O) groups is 2. The van der Waals surface area contributed by atoms with E-state index in [1.807, 2.05) is 25.1 Å². The Morgan fingerprint density at radius 3 is 2.59 bits per heavy atom. The Bertz CT molecular complexity index is 429. The maximum atomic E-state index is 11.1. The molecule has 1 rings (SSSR count). The molecule has 0 radical (unpaired) electrons. The summed E-state index contributed by atoms with van der Waals surface area (Å²) in [6.45, 7) is 3.32. The standard InChI is InChI=1S/C12H14BrNO3/c1-7-3-4-9(10(13)5-7)11(6-12(16)17)14-8(2)15/h3-5,11H,6H2,1-2H3,(H,14,15)(H,16,17)/t11-/m1/s1. The molecular formula is C12H14BrNO3. The SMILES string of the molecule is CC(=O)N[C@H](CC(=O)O)c1ccc(C)cc1Br. The molecule has 0 spiro atoms. The summed E-state index contributed by atoms with van der Waals surface area (Å²) >= 11 is 3.38. The number of benzene rings is 1. The Kier molecular flexibility index (Phi) is 4.69. The molecule has 1 atom stereocenters. The van der Waals surface area contributed by atoms with Crippen molar-refractivity contribution in [3.8, 4) is 0 Å². The zero-order valence-electron chi connectivity index (χ0n) is 9.66. The number of carbonyl (C=O) groups excluding carboxylic acids is 1. The van der Waals surface area contributed by atoms with Crippen molar-refractivity contribution in [2.75, 3.05) is 0 Å². The number of carboxylic acid groups (broad SMARTS) is 1. The first-order chi connectivity index (χ1) is 7.90. The van der Waals surface area contributed by atoms with Crippen LogP contribution in [0.5, 0.6) is 0 Å².